The molecule has 2 fully saturated rings. The zero-order chi connectivity index (χ0) is 18.5. The lowest BCUT2D eigenvalue weighted by molar-refractivity contribution is -0.141. The van der Waals surface area contributed by atoms with Crippen LogP contribution in [0, 0.1) is 5.92 Å². The number of amides is 3. The SMILES string of the molecule is CCC(=O)N1CCN(C(=O)C2CC(=O)N(CCc3ccccc3)C2)CC1. The van der Waals surface area contributed by atoms with E-state index >= 15 is 0 Å². The molecule has 0 aliphatic carbocycles. The van der Waals surface area contributed by atoms with Gasteiger partial charge in [-0.05, 0) is 12.0 Å². The quantitative estimate of drug-likeness (QED) is 0.794. The predicted molar refractivity (Wildman–Crippen MR) is 98.3 cm³/mol. The summed E-state index contributed by atoms with van der Waals surface area (Å²) in [6.07, 6.45) is 1.62. The molecule has 3 amide bonds. The summed E-state index contributed by atoms with van der Waals surface area (Å²) in [6.45, 7) is 5.35. The van der Waals surface area contributed by atoms with Gasteiger partial charge in [0.1, 0.15) is 0 Å². The fraction of sp³-hybridized carbons (Fsp3) is 0.550. The summed E-state index contributed by atoms with van der Waals surface area (Å²) in [5.41, 5.74) is 1.20. The van der Waals surface area contributed by atoms with Gasteiger partial charge in [0, 0.05) is 52.1 Å². The Hall–Kier alpha value is -2.37. The Morgan fingerprint density at radius 3 is 2.35 bits per heavy atom. The number of rotatable bonds is 5. The maximum Gasteiger partial charge on any atom is 0.228 e. The number of nitrogens with zero attached hydrogens (tertiary/aromatic N) is 3. The van der Waals surface area contributed by atoms with Crippen LogP contribution in [0.25, 0.3) is 0 Å². The van der Waals surface area contributed by atoms with Gasteiger partial charge >= 0.3 is 0 Å². The molecule has 140 valence electrons. The van der Waals surface area contributed by atoms with E-state index in [1.165, 1.54) is 5.56 Å². The van der Waals surface area contributed by atoms with E-state index < -0.39 is 0 Å². The van der Waals surface area contributed by atoms with Gasteiger partial charge < -0.3 is 14.7 Å². The minimum absolute atomic E-state index is 0.0594. The maximum atomic E-state index is 12.8. The molecule has 0 bridgehead atoms. The van der Waals surface area contributed by atoms with Gasteiger partial charge in [-0.25, -0.2) is 0 Å². The molecule has 2 aliphatic rings. The van der Waals surface area contributed by atoms with Crippen LogP contribution < -0.4 is 0 Å². The zero-order valence-electron chi connectivity index (χ0n) is 15.4. The van der Waals surface area contributed by atoms with Gasteiger partial charge in [-0.3, -0.25) is 14.4 Å². The Bertz CT molecular complexity index is 654. The highest BCUT2D eigenvalue weighted by molar-refractivity contribution is 5.89. The van der Waals surface area contributed by atoms with E-state index in [9.17, 15) is 14.4 Å². The summed E-state index contributed by atoms with van der Waals surface area (Å²) in [5, 5.41) is 0. The number of hydrogen-bond donors (Lipinski definition) is 0. The molecule has 6 nitrogen and oxygen atoms in total. The summed E-state index contributed by atoms with van der Waals surface area (Å²) in [7, 11) is 0. The Balaban J connectivity index is 1.49. The van der Waals surface area contributed by atoms with Gasteiger partial charge in [-0.2, -0.15) is 0 Å². The molecule has 1 aromatic rings. The lowest BCUT2D eigenvalue weighted by atomic mass is 10.1. The molecule has 2 aliphatic heterocycles. The van der Waals surface area contributed by atoms with Gasteiger partial charge in [0.05, 0.1) is 5.92 Å². The summed E-state index contributed by atoms with van der Waals surface area (Å²) >= 11 is 0. The molecule has 1 aromatic carbocycles. The summed E-state index contributed by atoms with van der Waals surface area (Å²) in [5.74, 6) is 0.0233. The monoisotopic (exact) mass is 357 g/mol. The van der Waals surface area contributed by atoms with Crippen molar-refractivity contribution in [3.63, 3.8) is 0 Å². The van der Waals surface area contributed by atoms with Crippen LogP contribution in [-0.2, 0) is 20.8 Å². The molecular weight excluding hydrogens is 330 g/mol. The Morgan fingerprint density at radius 1 is 1.04 bits per heavy atom. The van der Waals surface area contributed by atoms with Crippen molar-refractivity contribution in [3.8, 4) is 0 Å². The van der Waals surface area contributed by atoms with Crippen LogP contribution in [0.15, 0.2) is 30.3 Å². The van der Waals surface area contributed by atoms with Crippen molar-refractivity contribution in [2.75, 3.05) is 39.3 Å². The normalized spacial score (nSPS) is 20.6. The number of carbonyl (C=O) groups excluding carboxylic acids is 3. The Labute approximate surface area is 154 Å². The van der Waals surface area contributed by atoms with Crippen molar-refractivity contribution in [3.05, 3.63) is 35.9 Å². The zero-order valence-corrected chi connectivity index (χ0v) is 15.4. The fourth-order valence-corrected chi connectivity index (χ4v) is 3.72. The molecule has 1 atom stereocenters. The first kappa shape index (κ1) is 18.4. The molecule has 6 heteroatoms. The molecule has 0 aromatic heterocycles. The van der Waals surface area contributed by atoms with E-state index in [1.807, 2.05) is 39.8 Å². The number of hydrogen-bond acceptors (Lipinski definition) is 3. The minimum Gasteiger partial charge on any atom is -0.342 e. The van der Waals surface area contributed by atoms with Crippen LogP contribution >= 0.6 is 0 Å². The fourth-order valence-electron chi connectivity index (χ4n) is 3.72. The molecule has 26 heavy (non-hydrogen) atoms. The Kier molecular flexibility index (Phi) is 5.91. The molecule has 2 saturated heterocycles. The van der Waals surface area contributed by atoms with Crippen LogP contribution in [0.1, 0.15) is 25.3 Å². The molecule has 0 radical (unpaired) electrons. The predicted octanol–water partition coefficient (Wildman–Crippen LogP) is 1.16. The number of benzene rings is 1. The second-order valence-electron chi connectivity index (χ2n) is 7.04. The van der Waals surface area contributed by atoms with Gasteiger partial charge in [0.25, 0.3) is 0 Å². The van der Waals surface area contributed by atoms with E-state index in [1.54, 1.807) is 0 Å². The van der Waals surface area contributed by atoms with Crippen LogP contribution in [0.5, 0.6) is 0 Å². The van der Waals surface area contributed by atoms with Crippen molar-refractivity contribution in [2.45, 2.75) is 26.2 Å². The third-order valence-electron chi connectivity index (χ3n) is 5.32. The van der Waals surface area contributed by atoms with Crippen LogP contribution in [0.2, 0.25) is 0 Å². The third-order valence-corrected chi connectivity index (χ3v) is 5.32. The topological polar surface area (TPSA) is 60.9 Å². The highest BCUT2D eigenvalue weighted by Gasteiger charge is 2.37. The van der Waals surface area contributed by atoms with Gasteiger partial charge in [-0.1, -0.05) is 37.3 Å². The summed E-state index contributed by atoms with van der Waals surface area (Å²) in [6, 6.07) is 10.1. The highest BCUT2D eigenvalue weighted by Crippen LogP contribution is 2.21. The number of piperazine rings is 1. The molecule has 0 saturated carbocycles. The van der Waals surface area contributed by atoms with E-state index in [-0.39, 0.29) is 23.6 Å². The van der Waals surface area contributed by atoms with Gasteiger partial charge in [-0.15, -0.1) is 0 Å². The smallest absolute Gasteiger partial charge is 0.228 e. The van der Waals surface area contributed by atoms with Gasteiger partial charge in [0.15, 0.2) is 0 Å². The minimum atomic E-state index is -0.244. The Morgan fingerprint density at radius 2 is 1.69 bits per heavy atom. The molecule has 1 unspecified atom stereocenters. The number of likely N-dealkylation sites (tertiary alicyclic amines) is 1. The van der Waals surface area contributed by atoms with Crippen molar-refractivity contribution < 1.29 is 14.4 Å². The first-order chi connectivity index (χ1) is 12.6. The first-order valence-corrected chi connectivity index (χ1v) is 9.46. The molecule has 3 rings (SSSR count). The third kappa shape index (κ3) is 4.23. The van der Waals surface area contributed by atoms with E-state index in [4.69, 9.17) is 0 Å². The van der Waals surface area contributed by atoms with Crippen molar-refractivity contribution in [1.82, 2.24) is 14.7 Å². The van der Waals surface area contributed by atoms with Gasteiger partial charge in [0.2, 0.25) is 17.7 Å². The largest absolute Gasteiger partial charge is 0.342 e. The second-order valence-corrected chi connectivity index (χ2v) is 7.04. The first-order valence-electron chi connectivity index (χ1n) is 9.46. The second kappa shape index (κ2) is 8.34. The average Bonchev–Trinajstić information content (AvgIpc) is 3.06. The lowest BCUT2D eigenvalue weighted by Gasteiger charge is -2.35. The molecule has 2 heterocycles. The maximum absolute atomic E-state index is 12.8. The van der Waals surface area contributed by atoms with Crippen molar-refractivity contribution >= 4 is 17.7 Å². The van der Waals surface area contributed by atoms with E-state index in [0.29, 0.717) is 52.1 Å². The van der Waals surface area contributed by atoms with Crippen LogP contribution in [-0.4, -0.2) is 71.7 Å². The summed E-state index contributed by atoms with van der Waals surface area (Å²) < 4.78 is 0. The molecule has 0 spiro atoms. The number of carbonyl (C=O) groups is 3. The average molecular weight is 357 g/mol. The summed E-state index contributed by atoms with van der Waals surface area (Å²) in [4.78, 5) is 42.2. The lowest BCUT2D eigenvalue weighted by Crippen LogP contribution is -2.52. The van der Waals surface area contributed by atoms with Crippen LogP contribution in [0.4, 0.5) is 0 Å². The van der Waals surface area contributed by atoms with Crippen molar-refractivity contribution in [2.24, 2.45) is 5.92 Å². The highest BCUT2D eigenvalue weighted by atomic mass is 16.2. The molecular formula is C20H27N3O3. The molecule has 0 N–H and O–H groups in total. The van der Waals surface area contributed by atoms with E-state index in [2.05, 4.69) is 12.1 Å². The van der Waals surface area contributed by atoms with Crippen molar-refractivity contribution in [1.29, 1.82) is 0 Å². The van der Waals surface area contributed by atoms with Crippen LogP contribution in [0.3, 0.4) is 0 Å². The standard InChI is InChI=1S/C20H27N3O3/c1-2-18(24)21-10-12-22(13-11-21)20(26)17-14-19(25)23(15-17)9-8-16-6-4-3-5-7-16/h3-7,17H,2,8-15H2,1H3. The van der Waals surface area contributed by atoms with E-state index in [0.717, 1.165) is 6.42 Å².